The summed E-state index contributed by atoms with van der Waals surface area (Å²) in [4.78, 5) is 0. The second-order valence-electron chi connectivity index (χ2n) is 1.44. The van der Waals surface area contributed by atoms with Gasteiger partial charge in [0, 0.05) is 12.4 Å². The standard InChI is InChI=1S/C4H7N5/c5-4(8-6)9-3-1-2-7-9/h1-3H,6H2,(H2,5,8). The largest absolute Gasteiger partial charge is 0.367 e. The molecule has 0 aliphatic carbocycles. The highest BCUT2D eigenvalue weighted by Gasteiger charge is 1.90. The summed E-state index contributed by atoms with van der Waals surface area (Å²) in [5, 5.41) is 6.99. The van der Waals surface area contributed by atoms with Gasteiger partial charge in [-0.25, -0.2) is 4.68 Å². The summed E-state index contributed by atoms with van der Waals surface area (Å²) in [7, 11) is 0. The second-order valence-corrected chi connectivity index (χ2v) is 1.44. The van der Waals surface area contributed by atoms with Crippen molar-refractivity contribution in [3.8, 4) is 0 Å². The maximum absolute atomic E-state index is 5.26. The van der Waals surface area contributed by atoms with Crippen molar-refractivity contribution < 1.29 is 0 Å². The molecule has 0 aliphatic rings. The van der Waals surface area contributed by atoms with Crippen LogP contribution >= 0.6 is 0 Å². The third kappa shape index (κ3) is 0.987. The van der Waals surface area contributed by atoms with E-state index >= 15 is 0 Å². The molecule has 0 atom stereocenters. The summed E-state index contributed by atoms with van der Waals surface area (Å²) in [5.41, 5.74) is 5.26. The third-order valence-electron chi connectivity index (χ3n) is 0.871. The molecule has 5 nitrogen and oxygen atoms in total. The van der Waals surface area contributed by atoms with Crippen molar-refractivity contribution in [2.24, 2.45) is 16.7 Å². The molecule has 0 aromatic carbocycles. The number of hydrogen-bond acceptors (Lipinski definition) is 3. The molecule has 0 bridgehead atoms. The van der Waals surface area contributed by atoms with E-state index in [0.717, 1.165) is 0 Å². The molecule has 9 heavy (non-hydrogen) atoms. The van der Waals surface area contributed by atoms with Crippen LogP contribution in [-0.2, 0) is 0 Å². The van der Waals surface area contributed by atoms with E-state index in [-0.39, 0.29) is 5.96 Å². The molecule has 1 rings (SSSR count). The van der Waals surface area contributed by atoms with E-state index in [1.807, 2.05) is 0 Å². The highest BCUT2D eigenvalue weighted by Crippen LogP contribution is 1.78. The predicted octanol–water partition coefficient (Wildman–Crippen LogP) is -1.08. The molecule has 0 saturated heterocycles. The molecular weight excluding hydrogens is 118 g/mol. The van der Waals surface area contributed by atoms with Crippen molar-refractivity contribution in [3.63, 3.8) is 0 Å². The molecule has 0 saturated carbocycles. The number of nitrogens with two attached hydrogens (primary N) is 2. The van der Waals surface area contributed by atoms with Crippen molar-refractivity contribution in [2.75, 3.05) is 0 Å². The molecule has 0 unspecified atom stereocenters. The number of hydrogen-bond donors (Lipinski definition) is 2. The lowest BCUT2D eigenvalue weighted by Crippen LogP contribution is -2.24. The van der Waals surface area contributed by atoms with E-state index in [9.17, 15) is 0 Å². The quantitative estimate of drug-likeness (QED) is 0.200. The van der Waals surface area contributed by atoms with Gasteiger partial charge >= 0.3 is 0 Å². The number of aromatic nitrogens is 2. The van der Waals surface area contributed by atoms with E-state index in [4.69, 9.17) is 11.6 Å². The molecule has 0 aliphatic heterocycles. The van der Waals surface area contributed by atoms with Crippen molar-refractivity contribution in [2.45, 2.75) is 0 Å². The van der Waals surface area contributed by atoms with Gasteiger partial charge < -0.3 is 11.6 Å². The topological polar surface area (TPSA) is 82.2 Å². The van der Waals surface area contributed by atoms with Gasteiger partial charge in [-0.2, -0.15) is 5.10 Å². The van der Waals surface area contributed by atoms with E-state index in [1.54, 1.807) is 18.5 Å². The Morgan fingerprint density at radius 2 is 2.44 bits per heavy atom. The minimum atomic E-state index is 0.181. The molecule has 1 aromatic heterocycles. The number of hydrazone groups is 1. The first-order chi connectivity index (χ1) is 4.34. The summed E-state index contributed by atoms with van der Waals surface area (Å²) < 4.78 is 1.38. The van der Waals surface area contributed by atoms with Crippen molar-refractivity contribution >= 4 is 5.96 Å². The Morgan fingerprint density at radius 1 is 1.67 bits per heavy atom. The zero-order chi connectivity index (χ0) is 6.69. The predicted molar refractivity (Wildman–Crippen MR) is 33.4 cm³/mol. The summed E-state index contributed by atoms with van der Waals surface area (Å²) in [6, 6.07) is 1.73. The molecule has 0 radical (unpaired) electrons. The molecular formula is C4H7N5. The van der Waals surface area contributed by atoms with Gasteiger partial charge in [-0.05, 0) is 6.07 Å². The lowest BCUT2D eigenvalue weighted by Gasteiger charge is -1.93. The molecule has 5 heteroatoms. The van der Waals surface area contributed by atoms with Crippen LogP contribution in [0.2, 0.25) is 0 Å². The van der Waals surface area contributed by atoms with Crippen LogP contribution in [0.25, 0.3) is 0 Å². The van der Waals surface area contributed by atoms with Gasteiger partial charge in [0.2, 0.25) is 5.96 Å². The number of rotatable bonds is 0. The first-order valence-corrected chi connectivity index (χ1v) is 2.38. The Balaban J connectivity index is 2.90. The average Bonchev–Trinajstić information content (AvgIpc) is 2.37. The van der Waals surface area contributed by atoms with Gasteiger partial charge in [0.15, 0.2) is 0 Å². The lowest BCUT2D eigenvalue weighted by molar-refractivity contribution is 0.908. The van der Waals surface area contributed by atoms with Crippen LogP contribution in [0.1, 0.15) is 0 Å². The van der Waals surface area contributed by atoms with Crippen LogP contribution in [0.4, 0.5) is 0 Å². The Kier molecular flexibility index (Phi) is 1.35. The SMILES string of the molecule is NN=C(N)n1cccn1. The maximum Gasteiger partial charge on any atom is 0.238 e. The smallest absolute Gasteiger partial charge is 0.238 e. The van der Waals surface area contributed by atoms with Crippen LogP contribution < -0.4 is 11.6 Å². The monoisotopic (exact) mass is 125 g/mol. The third-order valence-corrected chi connectivity index (χ3v) is 0.871. The van der Waals surface area contributed by atoms with Gasteiger partial charge in [-0.1, -0.05) is 0 Å². The van der Waals surface area contributed by atoms with E-state index in [1.165, 1.54) is 4.68 Å². The molecule has 0 amide bonds. The van der Waals surface area contributed by atoms with Gasteiger partial charge in [0.1, 0.15) is 0 Å². The highest BCUT2D eigenvalue weighted by molar-refractivity contribution is 5.78. The highest BCUT2D eigenvalue weighted by atomic mass is 15.4. The molecule has 4 N–H and O–H groups in total. The van der Waals surface area contributed by atoms with Crippen LogP contribution in [0.15, 0.2) is 23.6 Å². The number of nitrogens with zero attached hydrogens (tertiary/aromatic N) is 3. The summed E-state index contributed by atoms with van der Waals surface area (Å²) in [5.74, 6) is 5.05. The maximum atomic E-state index is 5.26. The minimum absolute atomic E-state index is 0.181. The van der Waals surface area contributed by atoms with Gasteiger partial charge in [-0.3, -0.25) is 0 Å². The summed E-state index contributed by atoms with van der Waals surface area (Å²) in [6.07, 6.45) is 3.25. The van der Waals surface area contributed by atoms with E-state index < -0.39 is 0 Å². The molecule has 1 heterocycles. The molecule has 1 aromatic rings. The molecule has 48 valence electrons. The molecule has 0 spiro atoms. The molecule has 0 fully saturated rings. The van der Waals surface area contributed by atoms with Crippen molar-refractivity contribution in [1.29, 1.82) is 0 Å². The summed E-state index contributed by atoms with van der Waals surface area (Å²) >= 11 is 0. The van der Waals surface area contributed by atoms with Gasteiger partial charge in [0.25, 0.3) is 0 Å². The first-order valence-electron chi connectivity index (χ1n) is 2.38. The van der Waals surface area contributed by atoms with Crippen molar-refractivity contribution in [3.05, 3.63) is 18.5 Å². The Labute approximate surface area is 51.9 Å². The average molecular weight is 125 g/mol. The van der Waals surface area contributed by atoms with Crippen LogP contribution in [-0.4, -0.2) is 15.7 Å². The zero-order valence-electron chi connectivity index (χ0n) is 4.73. The Hall–Kier alpha value is -1.52. The van der Waals surface area contributed by atoms with Crippen molar-refractivity contribution in [1.82, 2.24) is 9.78 Å². The van der Waals surface area contributed by atoms with Crippen LogP contribution in [0, 0.1) is 0 Å². The normalized spacial score (nSPS) is 11.8. The Bertz CT molecular complexity index is 199. The zero-order valence-corrected chi connectivity index (χ0v) is 4.73. The first kappa shape index (κ1) is 5.61. The second kappa shape index (κ2) is 2.17. The van der Waals surface area contributed by atoms with E-state index in [2.05, 4.69) is 10.2 Å². The van der Waals surface area contributed by atoms with Gasteiger partial charge in [0.05, 0.1) is 0 Å². The lowest BCUT2D eigenvalue weighted by atomic mass is 10.7. The minimum Gasteiger partial charge on any atom is -0.367 e. The van der Waals surface area contributed by atoms with E-state index in [0.29, 0.717) is 0 Å². The fourth-order valence-corrected chi connectivity index (χ4v) is 0.463. The van der Waals surface area contributed by atoms with Gasteiger partial charge in [-0.15, -0.1) is 5.10 Å². The fourth-order valence-electron chi connectivity index (χ4n) is 0.463. The van der Waals surface area contributed by atoms with Crippen LogP contribution in [0.5, 0.6) is 0 Å². The fraction of sp³-hybridized carbons (Fsp3) is 0. The summed E-state index contributed by atoms with van der Waals surface area (Å²) in [6.45, 7) is 0. The Morgan fingerprint density at radius 3 is 2.89 bits per heavy atom. The van der Waals surface area contributed by atoms with Crippen LogP contribution in [0.3, 0.4) is 0 Å².